The van der Waals surface area contributed by atoms with Crippen molar-refractivity contribution in [3.63, 3.8) is 0 Å². The first-order valence-corrected chi connectivity index (χ1v) is 12.9. The number of nitrogens with zero attached hydrogens (tertiary/aromatic N) is 2. The molecule has 3 aromatic carbocycles. The standard InChI is InChI=1S/C25H23N3O5S2/c29-24(17-32-21-9-7-20(8-10-21)25-34-12-13-35-25)27-26-15-19-6-11-23(22(14-19)28(30)31)33-16-18-4-2-1-3-5-18/h1-11,14-15,25H,12-13,16-17H2,(H,27,29)/b26-15-. The Bertz CT molecular complexity index is 1180. The Morgan fingerprint density at radius 3 is 2.51 bits per heavy atom. The fourth-order valence-corrected chi connectivity index (χ4v) is 6.11. The number of ether oxygens (including phenoxy) is 2. The summed E-state index contributed by atoms with van der Waals surface area (Å²) >= 11 is 3.86. The zero-order valence-corrected chi connectivity index (χ0v) is 20.3. The molecule has 35 heavy (non-hydrogen) atoms. The number of hydrazone groups is 1. The molecule has 0 saturated carbocycles. The molecular formula is C25H23N3O5S2. The Morgan fingerprint density at radius 1 is 1.06 bits per heavy atom. The summed E-state index contributed by atoms with van der Waals surface area (Å²) in [6, 6.07) is 21.6. The molecule has 0 aliphatic carbocycles. The van der Waals surface area contributed by atoms with Crippen molar-refractivity contribution >= 4 is 41.3 Å². The van der Waals surface area contributed by atoms with E-state index in [1.54, 1.807) is 6.07 Å². The Morgan fingerprint density at radius 2 is 1.80 bits per heavy atom. The number of nitrogens with one attached hydrogen (secondary N) is 1. The van der Waals surface area contributed by atoms with Gasteiger partial charge in [0.15, 0.2) is 12.4 Å². The van der Waals surface area contributed by atoms with Crippen LogP contribution in [0.3, 0.4) is 0 Å². The van der Waals surface area contributed by atoms with Crippen LogP contribution in [0.2, 0.25) is 0 Å². The quantitative estimate of drug-likeness (QED) is 0.228. The van der Waals surface area contributed by atoms with E-state index in [1.165, 1.54) is 23.9 Å². The maximum absolute atomic E-state index is 12.0. The second kappa shape index (κ2) is 12.3. The van der Waals surface area contributed by atoms with Gasteiger partial charge in [-0.25, -0.2) is 5.43 Å². The summed E-state index contributed by atoms with van der Waals surface area (Å²) in [5.41, 5.74) is 4.77. The molecule has 0 radical (unpaired) electrons. The summed E-state index contributed by atoms with van der Waals surface area (Å²) in [4.78, 5) is 23.0. The Hall–Kier alpha value is -3.50. The van der Waals surface area contributed by atoms with Crippen molar-refractivity contribution in [3.05, 3.63) is 99.6 Å². The van der Waals surface area contributed by atoms with E-state index >= 15 is 0 Å². The van der Waals surface area contributed by atoms with E-state index < -0.39 is 10.8 Å². The normalized spacial score (nSPS) is 13.6. The summed E-state index contributed by atoms with van der Waals surface area (Å²) < 4.78 is 11.6. The first-order chi connectivity index (χ1) is 17.1. The minimum Gasteiger partial charge on any atom is -0.484 e. The summed E-state index contributed by atoms with van der Waals surface area (Å²) in [7, 11) is 0. The van der Waals surface area contributed by atoms with Gasteiger partial charge in [0.25, 0.3) is 5.91 Å². The monoisotopic (exact) mass is 509 g/mol. The van der Waals surface area contributed by atoms with Crippen LogP contribution in [0.15, 0.2) is 77.9 Å². The molecule has 4 rings (SSSR count). The van der Waals surface area contributed by atoms with Gasteiger partial charge in [0.2, 0.25) is 0 Å². The van der Waals surface area contributed by atoms with Crippen molar-refractivity contribution in [2.75, 3.05) is 18.1 Å². The molecular weight excluding hydrogens is 486 g/mol. The van der Waals surface area contributed by atoms with Crippen LogP contribution in [-0.2, 0) is 11.4 Å². The zero-order chi connectivity index (χ0) is 24.5. The number of rotatable bonds is 10. The molecule has 8 nitrogen and oxygen atoms in total. The van der Waals surface area contributed by atoms with Crippen molar-refractivity contribution in [1.29, 1.82) is 0 Å². The van der Waals surface area contributed by atoms with Crippen molar-refractivity contribution in [2.24, 2.45) is 5.10 Å². The number of carbonyl (C=O) groups is 1. The van der Waals surface area contributed by atoms with E-state index in [0.717, 1.165) is 17.1 Å². The Balaban J connectivity index is 1.27. The van der Waals surface area contributed by atoms with Crippen LogP contribution >= 0.6 is 23.5 Å². The highest BCUT2D eigenvalue weighted by Crippen LogP contribution is 2.45. The average molecular weight is 510 g/mol. The SMILES string of the molecule is O=C(COc1ccc(C2SCCS2)cc1)N/N=C\c1ccc(OCc2ccccc2)c([N+](=O)[O-])c1. The number of hydrogen-bond acceptors (Lipinski definition) is 8. The molecule has 1 N–H and O–H groups in total. The van der Waals surface area contributed by atoms with Crippen molar-refractivity contribution in [1.82, 2.24) is 5.43 Å². The van der Waals surface area contributed by atoms with E-state index in [1.807, 2.05) is 78.1 Å². The summed E-state index contributed by atoms with van der Waals surface area (Å²) in [6.45, 7) is 0.0163. The molecule has 1 aliphatic rings. The lowest BCUT2D eigenvalue weighted by Crippen LogP contribution is -2.24. The van der Waals surface area contributed by atoms with E-state index in [-0.39, 0.29) is 24.7 Å². The summed E-state index contributed by atoms with van der Waals surface area (Å²) in [5.74, 6) is 2.64. The zero-order valence-electron chi connectivity index (χ0n) is 18.7. The number of hydrogen-bond donors (Lipinski definition) is 1. The minimum absolute atomic E-state index is 0.157. The smallest absolute Gasteiger partial charge is 0.311 e. The van der Waals surface area contributed by atoms with E-state index in [0.29, 0.717) is 15.9 Å². The predicted molar refractivity (Wildman–Crippen MR) is 139 cm³/mol. The van der Waals surface area contributed by atoms with Crippen LogP contribution in [0.5, 0.6) is 11.5 Å². The minimum atomic E-state index is -0.514. The van der Waals surface area contributed by atoms with Gasteiger partial charge in [-0.1, -0.05) is 42.5 Å². The van der Waals surface area contributed by atoms with E-state index in [2.05, 4.69) is 10.5 Å². The predicted octanol–water partition coefficient (Wildman–Crippen LogP) is 5.18. The van der Waals surface area contributed by atoms with E-state index in [9.17, 15) is 14.9 Å². The number of nitro benzene ring substituents is 1. The first-order valence-electron chi connectivity index (χ1n) is 10.8. The lowest BCUT2D eigenvalue weighted by molar-refractivity contribution is -0.385. The van der Waals surface area contributed by atoms with Gasteiger partial charge in [-0.05, 0) is 35.4 Å². The molecule has 1 amide bonds. The first kappa shape index (κ1) is 24.6. The van der Waals surface area contributed by atoms with Crippen LogP contribution in [0.4, 0.5) is 5.69 Å². The van der Waals surface area contributed by atoms with Gasteiger partial charge in [-0.15, -0.1) is 23.5 Å². The topological polar surface area (TPSA) is 103 Å². The summed E-state index contributed by atoms with van der Waals surface area (Å²) in [5, 5.41) is 15.3. The van der Waals surface area contributed by atoms with Gasteiger partial charge >= 0.3 is 5.69 Å². The van der Waals surface area contributed by atoms with Crippen LogP contribution in [0, 0.1) is 10.1 Å². The fraction of sp³-hybridized carbons (Fsp3) is 0.200. The molecule has 180 valence electrons. The van der Waals surface area contributed by atoms with Crippen LogP contribution < -0.4 is 14.9 Å². The van der Waals surface area contributed by atoms with Crippen molar-refractivity contribution < 1.29 is 19.2 Å². The molecule has 1 heterocycles. The van der Waals surface area contributed by atoms with Gasteiger partial charge < -0.3 is 9.47 Å². The highest BCUT2D eigenvalue weighted by molar-refractivity contribution is 8.19. The van der Waals surface area contributed by atoms with Crippen molar-refractivity contribution in [2.45, 2.75) is 11.2 Å². The fourth-order valence-electron chi connectivity index (χ4n) is 3.25. The third kappa shape index (κ3) is 7.24. The number of amides is 1. The number of benzene rings is 3. The third-order valence-electron chi connectivity index (χ3n) is 4.96. The molecule has 0 aromatic heterocycles. The Kier molecular flexibility index (Phi) is 8.63. The molecule has 10 heteroatoms. The summed E-state index contributed by atoms with van der Waals surface area (Å²) in [6.07, 6.45) is 1.33. The van der Waals surface area contributed by atoms with Crippen LogP contribution in [0.25, 0.3) is 0 Å². The molecule has 3 aromatic rings. The third-order valence-corrected chi connectivity index (χ3v) is 8.07. The molecule has 1 fully saturated rings. The number of thioether (sulfide) groups is 2. The van der Waals surface area contributed by atoms with E-state index in [4.69, 9.17) is 9.47 Å². The number of carbonyl (C=O) groups excluding carboxylic acids is 1. The highest BCUT2D eigenvalue weighted by atomic mass is 32.2. The highest BCUT2D eigenvalue weighted by Gasteiger charge is 2.18. The molecule has 0 unspecified atom stereocenters. The maximum atomic E-state index is 12.0. The number of nitro groups is 1. The van der Waals surface area contributed by atoms with Gasteiger partial charge in [0, 0.05) is 23.1 Å². The second-order valence-corrected chi connectivity index (χ2v) is 10.2. The lowest BCUT2D eigenvalue weighted by atomic mass is 10.2. The molecule has 0 bridgehead atoms. The molecule has 1 aliphatic heterocycles. The largest absolute Gasteiger partial charge is 0.484 e. The van der Waals surface area contributed by atoms with Gasteiger partial charge in [0.05, 0.1) is 15.7 Å². The maximum Gasteiger partial charge on any atom is 0.311 e. The second-order valence-electron chi connectivity index (χ2n) is 7.48. The Labute approximate surface area is 211 Å². The van der Waals surface area contributed by atoms with Crippen molar-refractivity contribution in [3.8, 4) is 11.5 Å². The lowest BCUT2D eigenvalue weighted by Gasteiger charge is -2.10. The van der Waals surface area contributed by atoms with Gasteiger partial charge in [-0.3, -0.25) is 14.9 Å². The molecule has 0 spiro atoms. The van der Waals surface area contributed by atoms with Crippen LogP contribution in [0.1, 0.15) is 21.3 Å². The van der Waals surface area contributed by atoms with Crippen LogP contribution in [-0.4, -0.2) is 35.2 Å². The molecule has 1 saturated heterocycles. The van der Waals surface area contributed by atoms with Gasteiger partial charge in [0.1, 0.15) is 12.4 Å². The van der Waals surface area contributed by atoms with Gasteiger partial charge in [-0.2, -0.15) is 5.10 Å². The molecule has 0 atom stereocenters. The average Bonchev–Trinajstić information content (AvgIpc) is 3.42.